The van der Waals surface area contributed by atoms with Crippen LogP contribution in [0, 0.1) is 0 Å². The van der Waals surface area contributed by atoms with Crippen molar-refractivity contribution in [1.29, 1.82) is 0 Å². The van der Waals surface area contributed by atoms with Crippen molar-refractivity contribution in [3.8, 4) is 0 Å². The van der Waals surface area contributed by atoms with Gasteiger partial charge in [-0.25, -0.2) is 9.59 Å². The van der Waals surface area contributed by atoms with E-state index in [0.29, 0.717) is 12.2 Å². The number of ether oxygens (including phenoxy) is 2. The van der Waals surface area contributed by atoms with Crippen LogP contribution in [0.1, 0.15) is 170 Å². The molecule has 0 N–H and O–H groups in total. The molecular weight excluding hydrogens is 703 g/mol. The van der Waals surface area contributed by atoms with Gasteiger partial charge in [0.1, 0.15) is 0 Å². The summed E-state index contributed by atoms with van der Waals surface area (Å²) in [6.07, 6.45) is 32.2. The van der Waals surface area contributed by atoms with Gasteiger partial charge in [0.15, 0.2) is 0 Å². The minimum absolute atomic E-state index is 0.0377. The van der Waals surface area contributed by atoms with Gasteiger partial charge in [-0.2, -0.15) is 0 Å². The zero-order valence-electron chi connectivity index (χ0n) is 30.8. The Hall–Kier alpha value is -1.84. The van der Waals surface area contributed by atoms with Crippen molar-refractivity contribution in [3.05, 3.63) is 24.3 Å². The second-order valence-electron chi connectivity index (χ2n) is 12.4. The monoisotopic (exact) mass is 772 g/mol. The molecule has 0 aromatic heterocycles. The van der Waals surface area contributed by atoms with Crippen LogP contribution in [0.2, 0.25) is 8.87 Å². The van der Waals surface area contributed by atoms with E-state index < -0.39 is 23.9 Å². The standard InChI is InChI=1S/2C12H25.2C7H10O4.Sn/c2*1-3-5-7-9-11-12-10-8-6-4-2;2*1-5(2)11-7(10)4-3-6(8)9;/h2*1,3-12H2,2H3;2*3-5H,1-2H3,(H,8,9);/q;;;;+2/p-2/b;;2*4-3-;. The average molecular weight is 772 g/mol. The maximum absolute atomic E-state index is 10.6. The molecule has 0 atom stereocenters. The fourth-order valence-corrected chi connectivity index (χ4v) is 7.98. The number of esters is 2. The quantitative estimate of drug-likeness (QED) is 0.0340. The van der Waals surface area contributed by atoms with Gasteiger partial charge in [0.2, 0.25) is 0 Å². The van der Waals surface area contributed by atoms with Crippen LogP contribution < -0.4 is 10.2 Å². The van der Waals surface area contributed by atoms with Crippen LogP contribution in [0.25, 0.3) is 0 Å². The zero-order chi connectivity index (χ0) is 36.0. The summed E-state index contributed by atoms with van der Waals surface area (Å²) in [5, 5.41) is 19.6. The number of aliphatic carboxylic acids is 2. The van der Waals surface area contributed by atoms with Crippen molar-refractivity contribution in [1.82, 2.24) is 0 Å². The van der Waals surface area contributed by atoms with Crippen molar-refractivity contribution < 1.29 is 38.9 Å². The number of carboxylic acids is 2. The normalized spacial score (nSPS) is 10.7. The average Bonchev–Trinajstić information content (AvgIpc) is 3.00. The van der Waals surface area contributed by atoms with E-state index >= 15 is 0 Å². The molecule has 0 aromatic carbocycles. The van der Waals surface area contributed by atoms with Crippen LogP contribution in [0.3, 0.4) is 0 Å². The molecule has 0 radical (unpaired) electrons. The van der Waals surface area contributed by atoms with E-state index in [1.807, 2.05) is 0 Å². The Bertz CT molecular complexity index is 729. The second-order valence-corrected chi connectivity index (χ2v) is 16.7. The zero-order valence-corrected chi connectivity index (χ0v) is 33.6. The van der Waals surface area contributed by atoms with E-state index in [1.165, 1.54) is 116 Å². The summed E-state index contributed by atoms with van der Waals surface area (Å²) in [7, 11) is 0. The van der Waals surface area contributed by atoms with Crippen LogP contribution in [-0.4, -0.2) is 57.2 Å². The number of rotatable bonds is 28. The van der Waals surface area contributed by atoms with Gasteiger partial charge in [0, 0.05) is 12.2 Å². The molecule has 0 aliphatic heterocycles. The van der Waals surface area contributed by atoms with Crippen molar-refractivity contribution in [3.63, 3.8) is 0 Å². The van der Waals surface area contributed by atoms with E-state index in [4.69, 9.17) is 0 Å². The van der Waals surface area contributed by atoms with Gasteiger partial charge < -0.3 is 29.3 Å². The first-order chi connectivity index (χ1) is 22.5. The van der Waals surface area contributed by atoms with Gasteiger partial charge >= 0.3 is 184 Å². The molecule has 0 unspecified atom stereocenters. The second kappa shape index (κ2) is 40.3. The molecule has 0 aliphatic rings. The molecule has 8 nitrogen and oxygen atoms in total. The molecule has 9 heteroatoms. The van der Waals surface area contributed by atoms with E-state index in [9.17, 15) is 29.4 Å². The molecule has 0 bridgehead atoms. The Morgan fingerprint density at radius 2 is 0.723 bits per heavy atom. The first kappa shape index (κ1) is 49.5. The third-order valence-corrected chi connectivity index (χ3v) is 10.9. The summed E-state index contributed by atoms with van der Waals surface area (Å²) in [6, 6.07) is 0. The van der Waals surface area contributed by atoms with Gasteiger partial charge in [-0.3, -0.25) is 0 Å². The van der Waals surface area contributed by atoms with Gasteiger partial charge in [0.25, 0.3) is 0 Å². The fourth-order valence-electron chi connectivity index (χ4n) is 4.42. The van der Waals surface area contributed by atoms with Crippen LogP contribution in [0.4, 0.5) is 0 Å². The summed E-state index contributed by atoms with van der Waals surface area (Å²) >= 11 is 0.0377. The molecule has 0 aliphatic carbocycles. The third kappa shape index (κ3) is 53.9. The summed E-state index contributed by atoms with van der Waals surface area (Å²) < 4.78 is 12.5. The van der Waals surface area contributed by atoms with Crippen molar-refractivity contribution in [2.24, 2.45) is 0 Å². The van der Waals surface area contributed by atoms with E-state index in [0.717, 1.165) is 12.2 Å². The number of hydrogen-bond acceptors (Lipinski definition) is 8. The summed E-state index contributed by atoms with van der Waals surface area (Å²) in [5.74, 6) is -4.18. The molecule has 0 amide bonds. The predicted octanol–water partition coefficient (Wildman–Crippen LogP) is 7.86. The van der Waals surface area contributed by atoms with Gasteiger partial charge in [-0.15, -0.1) is 0 Å². The van der Waals surface area contributed by atoms with Gasteiger partial charge in [0.05, 0.1) is 24.1 Å². The maximum atomic E-state index is 10.6. The predicted molar refractivity (Wildman–Crippen MR) is 190 cm³/mol. The summed E-state index contributed by atoms with van der Waals surface area (Å²) in [4.78, 5) is 40.7. The third-order valence-electron chi connectivity index (χ3n) is 6.83. The molecule has 0 rings (SSSR count). The van der Waals surface area contributed by atoms with Crippen LogP contribution in [-0.2, 0) is 28.7 Å². The Balaban J connectivity index is -0.000000724. The van der Waals surface area contributed by atoms with Crippen molar-refractivity contribution in [2.75, 3.05) is 0 Å². The minimum atomic E-state index is -1.41. The number of carbonyl (C=O) groups excluding carboxylic acids is 4. The van der Waals surface area contributed by atoms with Crippen LogP contribution in [0.15, 0.2) is 24.3 Å². The first-order valence-electron chi connectivity index (χ1n) is 18.4. The molecule has 0 heterocycles. The molecule has 0 saturated carbocycles. The molecule has 47 heavy (non-hydrogen) atoms. The van der Waals surface area contributed by atoms with Crippen LogP contribution >= 0.6 is 0 Å². The Morgan fingerprint density at radius 1 is 0.468 bits per heavy atom. The van der Waals surface area contributed by atoms with Crippen LogP contribution in [0.5, 0.6) is 0 Å². The summed E-state index contributed by atoms with van der Waals surface area (Å²) in [6.45, 7) is 11.3. The topological polar surface area (TPSA) is 133 Å². The van der Waals surface area contributed by atoms with E-state index in [2.05, 4.69) is 23.3 Å². The van der Waals surface area contributed by atoms with E-state index in [1.54, 1.807) is 49.4 Å². The van der Waals surface area contributed by atoms with Crippen molar-refractivity contribution >= 4 is 45.0 Å². The summed E-state index contributed by atoms with van der Waals surface area (Å²) in [5.41, 5.74) is 0. The molecule has 0 fully saturated rings. The Morgan fingerprint density at radius 3 is 0.957 bits per heavy atom. The van der Waals surface area contributed by atoms with E-state index in [-0.39, 0.29) is 33.4 Å². The number of hydrogen-bond donors (Lipinski definition) is 0. The molecule has 272 valence electrons. The number of carbonyl (C=O) groups is 4. The van der Waals surface area contributed by atoms with Crippen molar-refractivity contribution in [2.45, 2.75) is 191 Å². The SMILES string of the molecule is CC(C)OC(=O)/C=C\C(=O)[O-].CC(C)OC(=O)/C=C\C(=O)[O-].CCCCCCCCCCC[CH2][Sn+2][CH2]CCCCCCCCCCC. The number of carboxylic acid groups (broad SMARTS) is 2. The van der Waals surface area contributed by atoms with Gasteiger partial charge in [-0.1, -0.05) is 0 Å². The molecular formula is C38H68O8Sn. The Labute approximate surface area is 298 Å². The van der Waals surface area contributed by atoms with Gasteiger partial charge in [-0.05, 0) is 39.8 Å². The number of unbranched alkanes of at least 4 members (excludes halogenated alkanes) is 18. The molecule has 0 spiro atoms. The first-order valence-corrected chi connectivity index (χ1v) is 22.4. The Kier molecular flexibility index (Phi) is 42.5. The molecule has 0 aromatic rings. The fraction of sp³-hybridized carbons (Fsp3) is 0.789. The molecule has 0 saturated heterocycles.